The molecule has 88 valence electrons. The number of methoxy groups -OCH3 is 1. The Morgan fingerprint density at radius 2 is 2.38 bits per heavy atom. The molecule has 1 aliphatic heterocycles. The number of halogens is 1. The molecule has 0 aromatic heterocycles. The molecule has 16 heavy (non-hydrogen) atoms. The summed E-state index contributed by atoms with van der Waals surface area (Å²) in [5.41, 5.74) is 1.79. The Kier molecular flexibility index (Phi) is 3.23. The fourth-order valence-corrected chi connectivity index (χ4v) is 2.19. The van der Waals surface area contributed by atoms with E-state index in [0.717, 1.165) is 23.3 Å². The summed E-state index contributed by atoms with van der Waals surface area (Å²) in [5.74, 6) is 6.48. The maximum absolute atomic E-state index is 6.26. The van der Waals surface area contributed by atoms with Crippen LogP contribution in [0.5, 0.6) is 11.5 Å². The number of rotatable bonds is 3. The summed E-state index contributed by atoms with van der Waals surface area (Å²) in [6.07, 6.45) is 0.901. The van der Waals surface area contributed by atoms with E-state index in [1.165, 1.54) is 0 Å². The van der Waals surface area contributed by atoms with E-state index in [1.54, 1.807) is 13.2 Å². The second-order valence-corrected chi connectivity index (χ2v) is 4.18. The van der Waals surface area contributed by atoms with E-state index in [9.17, 15) is 0 Å². The number of ether oxygens (including phenoxy) is 2. The largest absolute Gasteiger partial charge is 0.493 e. The molecular formula is C11H14ClNO3. The summed E-state index contributed by atoms with van der Waals surface area (Å²) in [6.45, 7) is 2.26. The van der Waals surface area contributed by atoms with Gasteiger partial charge in [0.05, 0.1) is 18.7 Å². The Bertz CT molecular complexity index is 409. The maximum Gasteiger partial charge on any atom is 0.166 e. The van der Waals surface area contributed by atoms with Crippen LogP contribution in [0, 0.1) is 0 Å². The van der Waals surface area contributed by atoms with Crippen molar-refractivity contribution in [3.8, 4) is 11.5 Å². The topological polar surface area (TPSA) is 53.7 Å². The van der Waals surface area contributed by atoms with Crippen LogP contribution in [0.25, 0.3) is 0 Å². The summed E-state index contributed by atoms with van der Waals surface area (Å²) < 4.78 is 10.9. The molecule has 0 radical (unpaired) electrons. The average Bonchev–Trinajstić information content (AvgIpc) is 2.65. The molecule has 0 spiro atoms. The molecule has 0 saturated carbocycles. The van der Waals surface area contributed by atoms with Gasteiger partial charge in [-0.1, -0.05) is 11.6 Å². The number of nitrogens with two attached hydrogens (primary N) is 1. The Hall–Kier alpha value is -0.970. The third-order valence-electron chi connectivity index (χ3n) is 2.62. The van der Waals surface area contributed by atoms with Gasteiger partial charge >= 0.3 is 0 Å². The number of hydrogen-bond donors (Lipinski definition) is 1. The molecule has 2 N–H and O–H groups in total. The molecule has 1 aromatic rings. The smallest absolute Gasteiger partial charge is 0.166 e. The molecule has 1 aromatic carbocycles. The highest BCUT2D eigenvalue weighted by Gasteiger charge is 2.27. The van der Waals surface area contributed by atoms with E-state index in [4.69, 9.17) is 27.0 Å². The van der Waals surface area contributed by atoms with Gasteiger partial charge in [-0.05, 0) is 13.0 Å². The first kappa shape index (κ1) is 11.5. The molecule has 0 fully saturated rings. The summed E-state index contributed by atoms with van der Waals surface area (Å²) in [6, 6.07) is 1.80. The van der Waals surface area contributed by atoms with Crippen molar-refractivity contribution in [2.24, 2.45) is 5.90 Å². The number of fused-ring (bicyclic) bond motifs is 1. The van der Waals surface area contributed by atoms with Crippen LogP contribution in [-0.4, -0.2) is 13.2 Å². The highest BCUT2D eigenvalue weighted by Crippen LogP contribution is 2.43. The molecule has 5 heteroatoms. The minimum absolute atomic E-state index is 0.121. The van der Waals surface area contributed by atoms with Crippen LogP contribution in [0.3, 0.4) is 0 Å². The molecule has 0 bridgehead atoms. The zero-order chi connectivity index (χ0) is 11.7. The molecular weight excluding hydrogens is 230 g/mol. The molecule has 1 unspecified atom stereocenters. The van der Waals surface area contributed by atoms with E-state index in [0.29, 0.717) is 10.8 Å². The van der Waals surface area contributed by atoms with Crippen molar-refractivity contribution in [3.63, 3.8) is 0 Å². The van der Waals surface area contributed by atoms with Gasteiger partial charge < -0.3 is 9.47 Å². The van der Waals surface area contributed by atoms with Gasteiger partial charge in [-0.3, -0.25) is 4.84 Å². The lowest BCUT2D eigenvalue weighted by Gasteiger charge is -2.12. The van der Waals surface area contributed by atoms with Gasteiger partial charge in [0.15, 0.2) is 11.5 Å². The quantitative estimate of drug-likeness (QED) is 0.826. The zero-order valence-electron chi connectivity index (χ0n) is 9.25. The molecule has 2 rings (SSSR count). The van der Waals surface area contributed by atoms with E-state index in [-0.39, 0.29) is 12.7 Å². The zero-order valence-corrected chi connectivity index (χ0v) is 10.0. The lowest BCUT2D eigenvalue weighted by atomic mass is 10.1. The second kappa shape index (κ2) is 4.49. The van der Waals surface area contributed by atoms with Gasteiger partial charge in [-0.15, -0.1) is 0 Å². The van der Waals surface area contributed by atoms with E-state index in [2.05, 4.69) is 4.84 Å². The molecule has 0 saturated heterocycles. The number of hydrogen-bond acceptors (Lipinski definition) is 4. The molecule has 4 nitrogen and oxygen atoms in total. The maximum atomic E-state index is 6.26. The van der Waals surface area contributed by atoms with Crippen molar-refractivity contribution in [1.29, 1.82) is 0 Å². The fourth-order valence-electron chi connectivity index (χ4n) is 1.92. The van der Waals surface area contributed by atoms with E-state index >= 15 is 0 Å². The first-order valence-electron chi connectivity index (χ1n) is 5.04. The van der Waals surface area contributed by atoms with Crippen molar-refractivity contribution in [2.75, 3.05) is 7.11 Å². The lowest BCUT2D eigenvalue weighted by Crippen LogP contribution is -2.05. The normalized spacial score (nSPS) is 18.1. The van der Waals surface area contributed by atoms with E-state index in [1.807, 2.05) is 6.92 Å². The Labute approximate surface area is 99.2 Å². The predicted molar refractivity (Wildman–Crippen MR) is 60.8 cm³/mol. The van der Waals surface area contributed by atoms with Crippen LogP contribution < -0.4 is 15.4 Å². The third-order valence-corrected chi connectivity index (χ3v) is 3.09. The molecule has 1 heterocycles. The average molecular weight is 244 g/mol. The lowest BCUT2D eigenvalue weighted by molar-refractivity contribution is 0.124. The summed E-state index contributed by atoms with van der Waals surface area (Å²) in [7, 11) is 1.60. The minimum atomic E-state index is 0.121. The monoisotopic (exact) mass is 243 g/mol. The van der Waals surface area contributed by atoms with Gasteiger partial charge in [0.1, 0.15) is 6.10 Å². The second-order valence-electron chi connectivity index (χ2n) is 3.80. The SMILES string of the molecule is COc1cc(CON)c(Cl)c2c1OC(C)C2. The molecule has 1 atom stereocenters. The van der Waals surface area contributed by atoms with Crippen LogP contribution in [0.1, 0.15) is 18.1 Å². The molecule has 0 aliphatic carbocycles. The molecule has 1 aliphatic rings. The summed E-state index contributed by atoms with van der Waals surface area (Å²) in [4.78, 5) is 4.61. The van der Waals surface area contributed by atoms with Crippen LogP contribution in [-0.2, 0) is 17.9 Å². The van der Waals surface area contributed by atoms with Gasteiger partial charge in [-0.2, -0.15) is 0 Å². The van der Waals surface area contributed by atoms with Gasteiger partial charge in [0.25, 0.3) is 0 Å². The number of benzene rings is 1. The predicted octanol–water partition coefficient (Wildman–Crippen LogP) is 2.06. The third kappa shape index (κ3) is 1.84. The van der Waals surface area contributed by atoms with Crippen LogP contribution >= 0.6 is 11.6 Å². The summed E-state index contributed by atoms with van der Waals surface area (Å²) >= 11 is 6.26. The van der Waals surface area contributed by atoms with Crippen molar-refractivity contribution < 1.29 is 14.3 Å². The van der Waals surface area contributed by atoms with Crippen molar-refractivity contribution >= 4 is 11.6 Å². The fraction of sp³-hybridized carbons (Fsp3) is 0.455. The first-order valence-corrected chi connectivity index (χ1v) is 5.41. The van der Waals surface area contributed by atoms with Gasteiger partial charge in [0, 0.05) is 17.5 Å². The Morgan fingerprint density at radius 3 is 3.00 bits per heavy atom. The van der Waals surface area contributed by atoms with Crippen LogP contribution in [0.4, 0.5) is 0 Å². The van der Waals surface area contributed by atoms with Crippen molar-refractivity contribution in [3.05, 3.63) is 22.2 Å². The highest BCUT2D eigenvalue weighted by atomic mass is 35.5. The van der Waals surface area contributed by atoms with Crippen LogP contribution in [0.2, 0.25) is 5.02 Å². The molecule has 0 amide bonds. The van der Waals surface area contributed by atoms with Crippen LogP contribution in [0.15, 0.2) is 6.07 Å². The van der Waals surface area contributed by atoms with Gasteiger partial charge in [0.2, 0.25) is 0 Å². The highest BCUT2D eigenvalue weighted by molar-refractivity contribution is 6.32. The first-order chi connectivity index (χ1) is 7.67. The van der Waals surface area contributed by atoms with Crippen molar-refractivity contribution in [2.45, 2.75) is 26.1 Å². The van der Waals surface area contributed by atoms with Gasteiger partial charge in [-0.25, -0.2) is 5.90 Å². The van der Waals surface area contributed by atoms with E-state index < -0.39 is 0 Å². The minimum Gasteiger partial charge on any atom is -0.493 e. The van der Waals surface area contributed by atoms with Crippen molar-refractivity contribution in [1.82, 2.24) is 0 Å². The standard InChI is InChI=1S/C11H14ClNO3/c1-6-3-8-10(12)7(5-15-13)4-9(14-2)11(8)16-6/h4,6H,3,5,13H2,1-2H3. The Balaban J connectivity index is 2.50. The Morgan fingerprint density at radius 1 is 1.62 bits per heavy atom. The summed E-state index contributed by atoms with van der Waals surface area (Å²) in [5, 5.41) is 0.658.